The number of amides is 2. The minimum atomic E-state index is -1.01. The van der Waals surface area contributed by atoms with Crippen LogP contribution in [0.2, 0.25) is 15.1 Å². The maximum Gasteiger partial charge on any atom is 0.254 e. The first-order valence-corrected chi connectivity index (χ1v) is 12.6. The van der Waals surface area contributed by atoms with Crippen molar-refractivity contribution in [1.29, 1.82) is 0 Å². The summed E-state index contributed by atoms with van der Waals surface area (Å²) < 4.78 is 12.2. The van der Waals surface area contributed by atoms with Gasteiger partial charge in [-0.1, -0.05) is 40.9 Å². The Balaban J connectivity index is 1.54. The van der Waals surface area contributed by atoms with Crippen molar-refractivity contribution in [3.63, 3.8) is 0 Å². The molecule has 35 heavy (non-hydrogen) atoms. The molecule has 2 fully saturated rings. The van der Waals surface area contributed by atoms with E-state index < -0.39 is 5.60 Å². The zero-order valence-corrected chi connectivity index (χ0v) is 21.8. The summed E-state index contributed by atoms with van der Waals surface area (Å²) in [5.41, 5.74) is -0.580. The normalized spacial score (nSPS) is 21.1. The molecule has 1 unspecified atom stereocenters. The van der Waals surface area contributed by atoms with Crippen molar-refractivity contribution in [1.82, 2.24) is 14.7 Å². The van der Waals surface area contributed by atoms with Crippen LogP contribution in [0, 0.1) is 0 Å². The lowest BCUT2D eigenvalue weighted by Gasteiger charge is -2.43. The molecule has 0 aromatic heterocycles. The molecule has 2 amide bonds. The first-order chi connectivity index (χ1) is 16.7. The number of halogens is 3. The quantitative estimate of drug-likeness (QED) is 0.552. The van der Waals surface area contributed by atoms with Crippen LogP contribution in [0.5, 0.6) is 5.75 Å². The molecular weight excluding hydrogens is 513 g/mol. The second-order valence-electron chi connectivity index (χ2n) is 8.99. The number of hydrogen-bond acceptors (Lipinski definition) is 5. The largest absolute Gasteiger partial charge is 0.490 e. The lowest BCUT2D eigenvalue weighted by atomic mass is 9.96. The maximum atomic E-state index is 13.3. The summed E-state index contributed by atoms with van der Waals surface area (Å²) in [6, 6.07) is 11.9. The Kier molecular flexibility index (Phi) is 8.45. The van der Waals surface area contributed by atoms with Gasteiger partial charge in [0.25, 0.3) is 5.91 Å². The van der Waals surface area contributed by atoms with E-state index in [4.69, 9.17) is 44.3 Å². The molecule has 2 aliphatic heterocycles. The molecule has 1 atom stereocenters. The molecule has 2 aromatic carbocycles. The van der Waals surface area contributed by atoms with Crippen molar-refractivity contribution in [3.05, 3.63) is 63.1 Å². The van der Waals surface area contributed by atoms with E-state index in [1.54, 1.807) is 47.4 Å². The van der Waals surface area contributed by atoms with E-state index in [9.17, 15) is 9.59 Å². The van der Waals surface area contributed by atoms with Gasteiger partial charge in [0, 0.05) is 43.3 Å². The van der Waals surface area contributed by atoms with Crippen LogP contribution in [0.4, 0.5) is 0 Å². The highest BCUT2D eigenvalue weighted by atomic mass is 35.5. The van der Waals surface area contributed by atoms with Gasteiger partial charge in [-0.25, -0.2) is 0 Å². The van der Waals surface area contributed by atoms with Crippen LogP contribution in [0.15, 0.2) is 42.5 Å². The number of carbonyl (C=O) groups excluding carboxylic acids is 2. The average Bonchev–Trinajstić information content (AvgIpc) is 2.85. The van der Waals surface area contributed by atoms with Crippen molar-refractivity contribution in [3.8, 4) is 5.75 Å². The standard InChI is InChI=1S/C25H28Cl3N3O4/c1-29-7-9-30(10-8-29)23(32)15-25(17-34-20-4-2-3-19(26)14-20)16-31(11-12-35-25)24(33)18-5-6-21(27)22(28)13-18/h2-6,13-14H,7-12,15-17H2,1H3. The van der Waals surface area contributed by atoms with E-state index in [0.29, 0.717) is 46.0 Å². The predicted molar refractivity (Wildman–Crippen MR) is 137 cm³/mol. The van der Waals surface area contributed by atoms with Crippen LogP contribution in [-0.4, -0.2) is 91.6 Å². The zero-order chi connectivity index (χ0) is 25.0. The van der Waals surface area contributed by atoms with Gasteiger partial charge in [-0.15, -0.1) is 0 Å². The van der Waals surface area contributed by atoms with Crippen molar-refractivity contribution in [2.75, 3.05) is 59.5 Å². The Labute approximate surface area is 220 Å². The van der Waals surface area contributed by atoms with Crippen LogP contribution in [0.1, 0.15) is 16.8 Å². The van der Waals surface area contributed by atoms with Gasteiger partial charge in [0.1, 0.15) is 18.0 Å². The molecule has 0 radical (unpaired) electrons. The Bertz CT molecular complexity index is 1080. The van der Waals surface area contributed by atoms with Crippen LogP contribution in [-0.2, 0) is 9.53 Å². The number of hydrogen-bond donors (Lipinski definition) is 0. The zero-order valence-electron chi connectivity index (χ0n) is 19.5. The Morgan fingerprint density at radius 3 is 2.46 bits per heavy atom. The summed E-state index contributed by atoms with van der Waals surface area (Å²) in [6.45, 7) is 3.92. The number of likely N-dealkylation sites (N-methyl/N-ethyl adjacent to an activating group) is 1. The fourth-order valence-electron chi connectivity index (χ4n) is 4.29. The van der Waals surface area contributed by atoms with Crippen molar-refractivity contribution >= 4 is 46.6 Å². The van der Waals surface area contributed by atoms with E-state index in [-0.39, 0.29) is 38.0 Å². The number of rotatable bonds is 6. The molecule has 2 saturated heterocycles. The lowest BCUT2D eigenvalue weighted by molar-refractivity contribution is -0.154. The molecule has 0 saturated carbocycles. The van der Waals surface area contributed by atoms with Gasteiger partial charge in [-0.2, -0.15) is 0 Å². The summed E-state index contributed by atoms with van der Waals surface area (Å²) in [4.78, 5) is 32.3. The second-order valence-corrected chi connectivity index (χ2v) is 10.2. The van der Waals surface area contributed by atoms with Gasteiger partial charge in [-0.3, -0.25) is 9.59 Å². The van der Waals surface area contributed by atoms with Gasteiger partial charge < -0.3 is 24.2 Å². The molecule has 4 rings (SSSR count). The number of nitrogens with zero attached hydrogens (tertiary/aromatic N) is 3. The summed E-state index contributed by atoms with van der Waals surface area (Å²) in [7, 11) is 2.04. The van der Waals surface area contributed by atoms with Crippen LogP contribution in [0.3, 0.4) is 0 Å². The van der Waals surface area contributed by atoms with E-state index in [0.717, 1.165) is 13.1 Å². The van der Waals surface area contributed by atoms with Crippen molar-refractivity contribution in [2.45, 2.75) is 12.0 Å². The summed E-state index contributed by atoms with van der Waals surface area (Å²) in [6.07, 6.45) is 0.0996. The van der Waals surface area contributed by atoms with Crippen LogP contribution < -0.4 is 4.74 Å². The third-order valence-electron chi connectivity index (χ3n) is 6.33. The van der Waals surface area contributed by atoms with E-state index >= 15 is 0 Å². The van der Waals surface area contributed by atoms with Crippen LogP contribution in [0.25, 0.3) is 0 Å². The maximum absolute atomic E-state index is 13.3. The average molecular weight is 541 g/mol. The minimum Gasteiger partial charge on any atom is -0.490 e. The number of morpholine rings is 1. The summed E-state index contributed by atoms with van der Waals surface area (Å²) in [5, 5.41) is 1.24. The van der Waals surface area contributed by atoms with E-state index in [1.807, 2.05) is 11.9 Å². The second kappa shape index (κ2) is 11.4. The molecule has 7 nitrogen and oxygen atoms in total. The number of piperazine rings is 1. The molecule has 10 heteroatoms. The Morgan fingerprint density at radius 1 is 0.971 bits per heavy atom. The Morgan fingerprint density at radius 2 is 1.74 bits per heavy atom. The van der Waals surface area contributed by atoms with E-state index in [1.165, 1.54) is 0 Å². The molecule has 2 heterocycles. The highest BCUT2D eigenvalue weighted by Gasteiger charge is 2.42. The molecule has 2 aliphatic rings. The van der Waals surface area contributed by atoms with Gasteiger partial charge in [0.2, 0.25) is 5.91 Å². The molecule has 0 spiro atoms. The minimum absolute atomic E-state index is 0.0170. The number of ether oxygens (including phenoxy) is 2. The third kappa shape index (κ3) is 6.60. The topological polar surface area (TPSA) is 62.3 Å². The molecule has 2 aromatic rings. The third-order valence-corrected chi connectivity index (χ3v) is 7.30. The molecule has 0 bridgehead atoms. The van der Waals surface area contributed by atoms with Gasteiger partial charge >= 0.3 is 0 Å². The Hall–Kier alpha value is -2.03. The molecule has 0 N–H and O–H groups in total. The smallest absolute Gasteiger partial charge is 0.254 e. The summed E-state index contributed by atoms with van der Waals surface area (Å²) >= 11 is 18.3. The van der Waals surface area contributed by atoms with Gasteiger partial charge in [0.05, 0.1) is 29.6 Å². The molecule has 188 valence electrons. The summed E-state index contributed by atoms with van der Waals surface area (Å²) in [5.74, 6) is 0.350. The SMILES string of the molecule is CN1CCN(C(=O)CC2(COc3cccc(Cl)c3)CN(C(=O)c3ccc(Cl)c(Cl)c3)CCO2)CC1. The fraction of sp³-hybridized carbons (Fsp3) is 0.440. The monoisotopic (exact) mass is 539 g/mol. The van der Waals surface area contributed by atoms with Gasteiger partial charge in [-0.05, 0) is 43.4 Å². The highest BCUT2D eigenvalue weighted by Crippen LogP contribution is 2.29. The fourth-order valence-corrected chi connectivity index (χ4v) is 4.77. The van der Waals surface area contributed by atoms with Crippen LogP contribution >= 0.6 is 34.8 Å². The molecular formula is C25H28Cl3N3O4. The number of carbonyl (C=O) groups is 2. The first kappa shape index (κ1) is 26.0. The van der Waals surface area contributed by atoms with Gasteiger partial charge in [0.15, 0.2) is 0 Å². The number of benzene rings is 2. The molecule has 0 aliphatic carbocycles. The lowest BCUT2D eigenvalue weighted by Crippen LogP contribution is -2.59. The highest BCUT2D eigenvalue weighted by molar-refractivity contribution is 6.42. The van der Waals surface area contributed by atoms with Crippen molar-refractivity contribution < 1.29 is 19.1 Å². The van der Waals surface area contributed by atoms with E-state index in [2.05, 4.69) is 4.90 Å². The first-order valence-electron chi connectivity index (χ1n) is 11.5. The predicted octanol–water partition coefficient (Wildman–Crippen LogP) is 4.10. The van der Waals surface area contributed by atoms with Crippen molar-refractivity contribution in [2.24, 2.45) is 0 Å².